The molecular formula is C10H15N3O4. The number of rotatable bonds is 2. The Morgan fingerprint density at radius 1 is 1.65 bits per heavy atom. The summed E-state index contributed by atoms with van der Waals surface area (Å²) in [5.74, 6) is -0.139. The van der Waals surface area contributed by atoms with Gasteiger partial charge < -0.3 is 20.7 Å². The third-order valence-corrected chi connectivity index (χ3v) is 3.04. The Morgan fingerprint density at radius 3 is 2.88 bits per heavy atom. The summed E-state index contributed by atoms with van der Waals surface area (Å²) in [6, 6.07) is 1.45. The van der Waals surface area contributed by atoms with Gasteiger partial charge in [-0.1, -0.05) is 6.92 Å². The maximum Gasteiger partial charge on any atom is 0.351 e. The van der Waals surface area contributed by atoms with Gasteiger partial charge in [0.25, 0.3) is 0 Å². The zero-order valence-corrected chi connectivity index (χ0v) is 9.35. The second kappa shape index (κ2) is 4.44. The van der Waals surface area contributed by atoms with E-state index in [1.54, 1.807) is 6.92 Å². The van der Waals surface area contributed by atoms with Crippen LogP contribution in [0.25, 0.3) is 0 Å². The lowest BCUT2D eigenvalue weighted by Gasteiger charge is -2.17. The van der Waals surface area contributed by atoms with Crippen LogP contribution < -0.4 is 11.4 Å². The molecule has 1 fully saturated rings. The van der Waals surface area contributed by atoms with Gasteiger partial charge >= 0.3 is 5.69 Å². The van der Waals surface area contributed by atoms with Crippen LogP contribution in [0.2, 0.25) is 0 Å². The SMILES string of the molecule is CC1C(CO)OC(n2ccc(N)nc2=O)C1O. The molecule has 0 amide bonds. The number of ether oxygens (including phenoxy) is 1. The standard InChI is InChI=1S/C10H15N3O4/c1-5-6(4-14)17-9(8(5)15)13-3-2-7(11)12-10(13)16/h2-3,5-6,8-9,14-15H,4H2,1H3,(H2,11,12,16). The van der Waals surface area contributed by atoms with E-state index < -0.39 is 24.1 Å². The van der Waals surface area contributed by atoms with Crippen LogP contribution in [0, 0.1) is 5.92 Å². The zero-order chi connectivity index (χ0) is 12.6. The molecule has 7 heteroatoms. The van der Waals surface area contributed by atoms with Gasteiger partial charge in [0.15, 0.2) is 6.23 Å². The topological polar surface area (TPSA) is 111 Å². The molecule has 1 aliphatic heterocycles. The van der Waals surface area contributed by atoms with Gasteiger partial charge in [-0.25, -0.2) is 4.79 Å². The monoisotopic (exact) mass is 241 g/mol. The van der Waals surface area contributed by atoms with E-state index in [1.165, 1.54) is 16.8 Å². The molecule has 17 heavy (non-hydrogen) atoms. The predicted octanol–water partition coefficient (Wildman–Crippen LogP) is -1.29. The Bertz CT molecular complexity index is 461. The number of anilines is 1. The fourth-order valence-corrected chi connectivity index (χ4v) is 1.92. The lowest BCUT2D eigenvalue weighted by atomic mass is 10.0. The van der Waals surface area contributed by atoms with Crippen molar-refractivity contribution < 1.29 is 14.9 Å². The van der Waals surface area contributed by atoms with Crippen LogP contribution >= 0.6 is 0 Å². The molecule has 0 spiro atoms. The highest BCUT2D eigenvalue weighted by atomic mass is 16.5. The molecule has 4 atom stereocenters. The minimum Gasteiger partial charge on any atom is -0.394 e. The normalized spacial score (nSPS) is 32.9. The average Bonchev–Trinajstić information content (AvgIpc) is 2.57. The molecule has 0 bridgehead atoms. The van der Waals surface area contributed by atoms with Crippen molar-refractivity contribution in [3.63, 3.8) is 0 Å². The maximum atomic E-state index is 11.6. The largest absolute Gasteiger partial charge is 0.394 e. The van der Waals surface area contributed by atoms with Gasteiger partial charge in [-0.05, 0) is 6.07 Å². The Hall–Kier alpha value is -1.44. The van der Waals surface area contributed by atoms with E-state index in [1.807, 2.05) is 0 Å². The van der Waals surface area contributed by atoms with Gasteiger partial charge in [0.1, 0.15) is 11.9 Å². The molecule has 1 aromatic rings. The second-order valence-electron chi connectivity index (χ2n) is 4.14. The fourth-order valence-electron chi connectivity index (χ4n) is 1.92. The molecule has 1 aliphatic rings. The molecule has 0 aliphatic carbocycles. The lowest BCUT2D eigenvalue weighted by Crippen LogP contribution is -2.33. The van der Waals surface area contributed by atoms with Gasteiger partial charge in [-0.2, -0.15) is 4.98 Å². The van der Waals surface area contributed by atoms with E-state index in [4.69, 9.17) is 15.6 Å². The number of nitrogens with zero attached hydrogens (tertiary/aromatic N) is 2. The van der Waals surface area contributed by atoms with Crippen molar-refractivity contribution in [1.82, 2.24) is 9.55 Å². The molecule has 0 radical (unpaired) electrons. The predicted molar refractivity (Wildman–Crippen MR) is 59.1 cm³/mol. The van der Waals surface area contributed by atoms with E-state index in [-0.39, 0.29) is 18.3 Å². The van der Waals surface area contributed by atoms with Crippen molar-refractivity contribution >= 4 is 5.82 Å². The highest BCUT2D eigenvalue weighted by Crippen LogP contribution is 2.32. The molecule has 1 saturated heterocycles. The minimum atomic E-state index is -0.865. The van der Waals surface area contributed by atoms with Crippen LogP contribution in [0.5, 0.6) is 0 Å². The van der Waals surface area contributed by atoms with Gasteiger partial charge in [0.2, 0.25) is 0 Å². The summed E-state index contributed by atoms with van der Waals surface area (Å²) < 4.78 is 6.60. The van der Waals surface area contributed by atoms with E-state index >= 15 is 0 Å². The quantitative estimate of drug-likeness (QED) is 0.594. The molecule has 1 aromatic heterocycles. The number of nitrogen functional groups attached to an aromatic ring is 1. The number of aromatic nitrogens is 2. The first-order chi connectivity index (χ1) is 8.04. The van der Waals surface area contributed by atoms with Crippen LogP contribution in [0.1, 0.15) is 13.2 Å². The van der Waals surface area contributed by atoms with Crippen molar-refractivity contribution in [2.75, 3.05) is 12.3 Å². The lowest BCUT2D eigenvalue weighted by molar-refractivity contribution is -0.0533. The van der Waals surface area contributed by atoms with E-state index in [0.29, 0.717) is 0 Å². The summed E-state index contributed by atoms with van der Waals surface area (Å²) >= 11 is 0. The number of hydrogen-bond donors (Lipinski definition) is 3. The third kappa shape index (κ3) is 2.04. The van der Waals surface area contributed by atoms with Gasteiger partial charge in [-0.3, -0.25) is 4.57 Å². The van der Waals surface area contributed by atoms with Crippen LogP contribution in [-0.4, -0.2) is 38.6 Å². The first kappa shape index (κ1) is 12.0. The molecule has 0 aromatic carbocycles. The molecule has 2 rings (SSSR count). The number of aliphatic hydroxyl groups is 2. The van der Waals surface area contributed by atoms with Crippen LogP contribution in [0.15, 0.2) is 17.1 Å². The van der Waals surface area contributed by atoms with Crippen molar-refractivity contribution in [2.24, 2.45) is 5.92 Å². The van der Waals surface area contributed by atoms with Crippen molar-refractivity contribution in [3.8, 4) is 0 Å². The molecule has 7 nitrogen and oxygen atoms in total. The van der Waals surface area contributed by atoms with E-state index in [0.717, 1.165) is 0 Å². The Kier molecular flexibility index (Phi) is 3.14. The first-order valence-corrected chi connectivity index (χ1v) is 5.33. The molecule has 4 N–H and O–H groups in total. The number of nitrogens with two attached hydrogens (primary N) is 1. The molecule has 94 valence electrons. The summed E-state index contributed by atoms with van der Waals surface area (Å²) in [6.45, 7) is 1.55. The van der Waals surface area contributed by atoms with Crippen molar-refractivity contribution in [3.05, 3.63) is 22.7 Å². The molecule has 4 unspecified atom stereocenters. The maximum absolute atomic E-state index is 11.6. The van der Waals surface area contributed by atoms with Gasteiger partial charge in [0.05, 0.1) is 12.7 Å². The summed E-state index contributed by atoms with van der Waals surface area (Å²) in [6.07, 6.45) is -0.761. The smallest absolute Gasteiger partial charge is 0.351 e. The van der Waals surface area contributed by atoms with E-state index in [2.05, 4.69) is 4.98 Å². The van der Waals surface area contributed by atoms with Crippen LogP contribution in [0.3, 0.4) is 0 Å². The summed E-state index contributed by atoms with van der Waals surface area (Å²) in [4.78, 5) is 15.2. The fraction of sp³-hybridized carbons (Fsp3) is 0.600. The minimum absolute atomic E-state index is 0.116. The zero-order valence-electron chi connectivity index (χ0n) is 9.35. The Morgan fingerprint density at radius 2 is 2.35 bits per heavy atom. The Balaban J connectivity index is 2.32. The third-order valence-electron chi connectivity index (χ3n) is 3.04. The van der Waals surface area contributed by atoms with Crippen molar-refractivity contribution in [2.45, 2.75) is 25.4 Å². The van der Waals surface area contributed by atoms with Gasteiger partial charge in [-0.15, -0.1) is 0 Å². The molecule has 2 heterocycles. The van der Waals surface area contributed by atoms with Crippen LogP contribution in [-0.2, 0) is 4.74 Å². The van der Waals surface area contributed by atoms with Crippen molar-refractivity contribution in [1.29, 1.82) is 0 Å². The molecular weight excluding hydrogens is 226 g/mol. The highest BCUT2D eigenvalue weighted by Gasteiger charge is 2.41. The average molecular weight is 241 g/mol. The summed E-state index contributed by atoms with van der Waals surface area (Å²) in [5, 5.41) is 19.0. The Labute approximate surface area is 97.5 Å². The van der Waals surface area contributed by atoms with Gasteiger partial charge in [0, 0.05) is 12.1 Å². The molecule has 0 saturated carbocycles. The highest BCUT2D eigenvalue weighted by molar-refractivity contribution is 5.23. The van der Waals surface area contributed by atoms with Crippen LogP contribution in [0.4, 0.5) is 5.82 Å². The number of aliphatic hydroxyl groups excluding tert-OH is 2. The second-order valence-corrected chi connectivity index (χ2v) is 4.14. The van der Waals surface area contributed by atoms with E-state index in [9.17, 15) is 9.90 Å². The summed E-state index contributed by atoms with van der Waals surface area (Å²) in [5.41, 5.74) is 4.79. The summed E-state index contributed by atoms with van der Waals surface area (Å²) in [7, 11) is 0. The first-order valence-electron chi connectivity index (χ1n) is 5.33. The number of hydrogen-bond acceptors (Lipinski definition) is 6.